The second kappa shape index (κ2) is 5.10. The van der Waals surface area contributed by atoms with Crippen molar-refractivity contribution >= 4 is 28.1 Å². The maximum absolute atomic E-state index is 11.4. The van der Waals surface area contributed by atoms with E-state index in [1.54, 1.807) is 6.07 Å². The summed E-state index contributed by atoms with van der Waals surface area (Å²) >= 11 is 0. The molecule has 0 aliphatic rings. The Balaban J connectivity index is 2.53. The zero-order valence-corrected chi connectivity index (χ0v) is 9.66. The van der Waals surface area contributed by atoms with Crippen LogP contribution in [0.15, 0.2) is 30.6 Å². The number of pyridine rings is 1. The minimum atomic E-state index is -0.497. The molecule has 0 aliphatic carbocycles. The molecular formula is C12H8N4O3. The number of anilines is 1. The van der Waals surface area contributed by atoms with Crippen LogP contribution >= 0.6 is 0 Å². The largest absolute Gasteiger partial charge is 0.325 e. The van der Waals surface area contributed by atoms with Gasteiger partial charge in [0.25, 0.3) is 5.69 Å². The van der Waals surface area contributed by atoms with Crippen LogP contribution in [-0.4, -0.2) is 15.8 Å². The first kappa shape index (κ1) is 12.4. The highest BCUT2D eigenvalue weighted by Gasteiger charge is 2.15. The van der Waals surface area contributed by atoms with E-state index in [-0.39, 0.29) is 12.1 Å². The van der Waals surface area contributed by atoms with Gasteiger partial charge in [0.2, 0.25) is 5.91 Å². The van der Waals surface area contributed by atoms with Gasteiger partial charge in [0.15, 0.2) is 0 Å². The highest BCUT2D eigenvalue weighted by atomic mass is 16.6. The summed E-state index contributed by atoms with van der Waals surface area (Å²) in [5.74, 6) is -0.471. The number of nitro groups is 1. The van der Waals surface area contributed by atoms with Crippen LogP contribution in [0.25, 0.3) is 10.8 Å². The maximum atomic E-state index is 11.4. The third kappa shape index (κ3) is 2.47. The van der Waals surface area contributed by atoms with Crippen LogP contribution in [0.4, 0.5) is 11.4 Å². The second-order valence-corrected chi connectivity index (χ2v) is 3.69. The fraction of sp³-hybridized carbons (Fsp3) is 0.0833. The van der Waals surface area contributed by atoms with Gasteiger partial charge in [-0.05, 0) is 12.1 Å². The Bertz CT molecular complexity index is 706. The van der Waals surface area contributed by atoms with Crippen molar-refractivity contribution in [2.24, 2.45) is 0 Å². The molecule has 2 aromatic rings. The van der Waals surface area contributed by atoms with Crippen LogP contribution in [0.1, 0.15) is 6.42 Å². The van der Waals surface area contributed by atoms with Gasteiger partial charge in [-0.3, -0.25) is 19.9 Å². The quantitative estimate of drug-likeness (QED) is 0.667. The van der Waals surface area contributed by atoms with Gasteiger partial charge in [-0.2, -0.15) is 5.26 Å². The van der Waals surface area contributed by atoms with E-state index < -0.39 is 10.8 Å². The summed E-state index contributed by atoms with van der Waals surface area (Å²) in [5, 5.41) is 22.7. The number of hydrogen-bond acceptors (Lipinski definition) is 5. The SMILES string of the molecule is N#CCC(=O)Nc1ccc([N+](=O)[O-])c2ccncc12. The molecule has 0 radical (unpaired) electrons. The van der Waals surface area contributed by atoms with E-state index in [1.165, 1.54) is 30.6 Å². The predicted octanol–water partition coefficient (Wildman–Crippen LogP) is 2.00. The number of non-ortho nitro benzene ring substituents is 1. The number of nitrogens with zero attached hydrogens (tertiary/aromatic N) is 3. The molecule has 7 nitrogen and oxygen atoms in total. The Labute approximate surface area is 107 Å². The zero-order valence-electron chi connectivity index (χ0n) is 9.66. The lowest BCUT2D eigenvalue weighted by Gasteiger charge is -2.07. The molecule has 0 saturated carbocycles. The van der Waals surface area contributed by atoms with Gasteiger partial charge >= 0.3 is 0 Å². The van der Waals surface area contributed by atoms with Crippen LogP contribution < -0.4 is 5.32 Å². The number of aromatic nitrogens is 1. The molecule has 0 saturated heterocycles. The standard InChI is InChI=1S/C12H8N4O3/c13-5-3-12(17)15-10-1-2-11(16(18)19)8-4-6-14-7-9(8)10/h1-2,4,6-7H,3H2,(H,15,17). The summed E-state index contributed by atoms with van der Waals surface area (Å²) in [5.41, 5.74) is 0.338. The van der Waals surface area contributed by atoms with Crippen LogP contribution in [0.2, 0.25) is 0 Å². The molecule has 0 atom stereocenters. The average Bonchev–Trinajstić information content (AvgIpc) is 2.39. The molecule has 2 rings (SSSR count). The fourth-order valence-corrected chi connectivity index (χ4v) is 1.71. The predicted molar refractivity (Wildman–Crippen MR) is 67.3 cm³/mol. The molecule has 7 heteroatoms. The van der Waals surface area contributed by atoms with Crippen molar-refractivity contribution in [1.29, 1.82) is 5.26 Å². The average molecular weight is 256 g/mol. The summed E-state index contributed by atoms with van der Waals surface area (Å²) in [4.78, 5) is 25.7. The number of hydrogen-bond donors (Lipinski definition) is 1. The monoisotopic (exact) mass is 256 g/mol. The molecule has 0 spiro atoms. The molecule has 0 unspecified atom stereocenters. The fourth-order valence-electron chi connectivity index (χ4n) is 1.71. The molecule has 1 aromatic heterocycles. The van der Waals surface area contributed by atoms with E-state index in [9.17, 15) is 14.9 Å². The van der Waals surface area contributed by atoms with Crippen LogP contribution in [0.3, 0.4) is 0 Å². The number of nitriles is 1. The van der Waals surface area contributed by atoms with E-state index in [0.717, 1.165) is 0 Å². The molecule has 19 heavy (non-hydrogen) atoms. The topological polar surface area (TPSA) is 109 Å². The highest BCUT2D eigenvalue weighted by molar-refractivity contribution is 6.05. The van der Waals surface area contributed by atoms with Gasteiger partial charge < -0.3 is 5.32 Å². The third-order valence-corrected chi connectivity index (χ3v) is 2.51. The van der Waals surface area contributed by atoms with E-state index in [2.05, 4.69) is 10.3 Å². The number of fused-ring (bicyclic) bond motifs is 1. The Morgan fingerprint density at radius 1 is 1.42 bits per heavy atom. The van der Waals surface area contributed by atoms with Gasteiger partial charge in [0.05, 0.1) is 22.1 Å². The summed E-state index contributed by atoms with van der Waals surface area (Å²) < 4.78 is 0. The summed E-state index contributed by atoms with van der Waals surface area (Å²) in [6, 6.07) is 5.97. The lowest BCUT2D eigenvalue weighted by molar-refractivity contribution is -0.383. The molecule has 0 aliphatic heterocycles. The van der Waals surface area contributed by atoms with Crippen molar-refractivity contribution in [1.82, 2.24) is 4.98 Å². The highest BCUT2D eigenvalue weighted by Crippen LogP contribution is 2.30. The van der Waals surface area contributed by atoms with Gasteiger partial charge in [-0.1, -0.05) is 0 Å². The summed E-state index contributed by atoms with van der Waals surface area (Å²) in [6.07, 6.45) is 2.60. The number of nitro benzene ring substituents is 1. The first-order valence-corrected chi connectivity index (χ1v) is 5.31. The van der Waals surface area contributed by atoms with E-state index >= 15 is 0 Å². The van der Waals surface area contributed by atoms with Gasteiger partial charge in [0.1, 0.15) is 6.42 Å². The number of carbonyl (C=O) groups excluding carboxylic acids is 1. The molecule has 1 amide bonds. The molecular weight excluding hydrogens is 248 g/mol. The van der Waals surface area contributed by atoms with Crippen molar-refractivity contribution < 1.29 is 9.72 Å². The van der Waals surface area contributed by atoms with E-state index in [0.29, 0.717) is 16.5 Å². The van der Waals surface area contributed by atoms with Crippen molar-refractivity contribution in [3.8, 4) is 6.07 Å². The van der Waals surface area contributed by atoms with Gasteiger partial charge in [-0.15, -0.1) is 0 Å². The second-order valence-electron chi connectivity index (χ2n) is 3.69. The first-order valence-electron chi connectivity index (χ1n) is 5.31. The number of carbonyl (C=O) groups is 1. The van der Waals surface area contributed by atoms with Crippen molar-refractivity contribution in [3.05, 3.63) is 40.7 Å². The van der Waals surface area contributed by atoms with E-state index in [1.807, 2.05) is 0 Å². The smallest absolute Gasteiger partial charge is 0.277 e. The molecule has 0 fully saturated rings. The Kier molecular flexibility index (Phi) is 3.34. The van der Waals surface area contributed by atoms with Gasteiger partial charge in [-0.25, -0.2) is 0 Å². The van der Waals surface area contributed by atoms with Crippen molar-refractivity contribution in [2.45, 2.75) is 6.42 Å². The van der Waals surface area contributed by atoms with Crippen LogP contribution in [0, 0.1) is 21.4 Å². The number of amides is 1. The third-order valence-electron chi connectivity index (χ3n) is 2.51. The van der Waals surface area contributed by atoms with Crippen molar-refractivity contribution in [3.63, 3.8) is 0 Å². The maximum Gasteiger partial charge on any atom is 0.277 e. The minimum Gasteiger partial charge on any atom is -0.325 e. The Hall–Kier alpha value is -3.01. The number of nitrogens with one attached hydrogen (secondary N) is 1. The molecule has 94 valence electrons. The molecule has 1 N–H and O–H groups in total. The molecule has 1 aromatic carbocycles. The molecule has 1 heterocycles. The Morgan fingerprint density at radius 2 is 2.21 bits per heavy atom. The lowest BCUT2D eigenvalue weighted by Crippen LogP contribution is -2.10. The minimum absolute atomic E-state index is 0.0596. The van der Waals surface area contributed by atoms with Crippen LogP contribution in [0.5, 0.6) is 0 Å². The van der Waals surface area contributed by atoms with Crippen molar-refractivity contribution in [2.75, 3.05) is 5.32 Å². The van der Waals surface area contributed by atoms with Crippen LogP contribution in [-0.2, 0) is 4.79 Å². The van der Waals surface area contributed by atoms with E-state index in [4.69, 9.17) is 5.26 Å². The summed E-state index contributed by atoms with van der Waals surface area (Å²) in [6.45, 7) is 0. The first-order chi connectivity index (χ1) is 9.13. The Morgan fingerprint density at radius 3 is 2.89 bits per heavy atom. The lowest BCUT2D eigenvalue weighted by atomic mass is 10.1. The normalized spacial score (nSPS) is 9.84. The van der Waals surface area contributed by atoms with Gasteiger partial charge in [0, 0.05) is 23.8 Å². The zero-order chi connectivity index (χ0) is 13.8. The summed E-state index contributed by atoms with van der Waals surface area (Å²) in [7, 11) is 0. The molecule has 0 bridgehead atoms. The number of rotatable bonds is 3. The number of benzene rings is 1.